The maximum absolute atomic E-state index is 4.98. The maximum atomic E-state index is 4.98. The smallest absolute Gasteiger partial charge is 0.0509 e. The van der Waals surface area contributed by atoms with Gasteiger partial charge >= 0.3 is 0 Å². The molecule has 0 aliphatic heterocycles. The highest BCUT2D eigenvalue weighted by atomic mass is 15.7. The third kappa shape index (κ3) is 3.36. The third-order valence-electron chi connectivity index (χ3n) is 0.231. The lowest BCUT2D eigenvalue weighted by atomic mass is 11.4. The Morgan fingerprint density at radius 1 is 1.67 bits per heavy atom. The van der Waals surface area contributed by atoms with Crippen molar-refractivity contribution in [2.24, 2.45) is 16.2 Å². The number of hydrogen-bond donors (Lipinski definition) is 1. The van der Waals surface area contributed by atoms with Gasteiger partial charge in [0.2, 0.25) is 0 Å². The Balaban J connectivity index is 3.03. The Morgan fingerprint density at radius 2 is 2.17 bits per heavy atom. The summed E-state index contributed by atoms with van der Waals surface area (Å²) in [7, 11) is 3.16. The summed E-state index contributed by atoms with van der Waals surface area (Å²) in [6.07, 6.45) is 0. The van der Waals surface area contributed by atoms with Gasteiger partial charge in [0.15, 0.2) is 0 Å². The summed E-state index contributed by atoms with van der Waals surface area (Å²) in [5, 5.41) is 7.86. The Hall–Kier alpha value is -0.640. The van der Waals surface area contributed by atoms with Gasteiger partial charge in [0, 0.05) is 7.05 Å². The van der Waals surface area contributed by atoms with Crippen molar-refractivity contribution < 1.29 is 0 Å². The highest BCUT2D eigenvalue weighted by Gasteiger charge is 1.68. The highest BCUT2D eigenvalue weighted by Crippen LogP contribution is 1.66. The first kappa shape index (κ1) is 5.36. The van der Waals surface area contributed by atoms with E-state index in [9.17, 15) is 0 Å². The van der Waals surface area contributed by atoms with E-state index in [4.69, 9.17) is 5.84 Å². The van der Waals surface area contributed by atoms with Gasteiger partial charge in [-0.2, -0.15) is 5.11 Å². The number of nitrogens with two attached hydrogens (primary N) is 1. The second-order valence-corrected chi connectivity index (χ2v) is 0.863. The summed E-state index contributed by atoms with van der Waals surface area (Å²) in [6, 6.07) is 0. The molecule has 0 amide bonds. The van der Waals surface area contributed by atoms with Crippen LogP contribution in [0.25, 0.3) is 0 Å². The minimum Gasteiger partial charge on any atom is -0.230 e. The van der Waals surface area contributed by atoms with Crippen LogP contribution in [0.15, 0.2) is 10.3 Å². The van der Waals surface area contributed by atoms with Crippen LogP contribution in [0.1, 0.15) is 0 Å². The summed E-state index contributed by atoms with van der Waals surface area (Å²) in [5.41, 5.74) is 0. The average molecular weight is 88.1 g/mol. The number of nitrogens with zero attached hydrogens (tertiary/aromatic N) is 3. The molecule has 36 valence electrons. The second-order valence-electron chi connectivity index (χ2n) is 0.863. The van der Waals surface area contributed by atoms with Crippen molar-refractivity contribution in [2.45, 2.75) is 0 Å². The summed E-state index contributed by atoms with van der Waals surface area (Å²) in [4.78, 5) is 0. The van der Waals surface area contributed by atoms with Crippen molar-refractivity contribution in [3.8, 4) is 0 Å². The van der Waals surface area contributed by atoms with Crippen molar-refractivity contribution >= 4 is 0 Å². The minimum atomic E-state index is 1.14. The molecule has 6 heavy (non-hydrogen) atoms. The first-order valence-electron chi connectivity index (χ1n) is 1.55. The van der Waals surface area contributed by atoms with Gasteiger partial charge in [0.25, 0.3) is 0 Å². The van der Waals surface area contributed by atoms with Gasteiger partial charge in [-0.3, -0.25) is 0 Å². The van der Waals surface area contributed by atoms with Gasteiger partial charge in [-0.15, -0.1) is 0 Å². The van der Waals surface area contributed by atoms with Crippen molar-refractivity contribution in [3.05, 3.63) is 0 Å². The lowest BCUT2D eigenvalue weighted by Crippen LogP contribution is -2.17. The molecule has 0 fully saturated rings. The summed E-state index contributed by atoms with van der Waals surface area (Å²) < 4.78 is 0. The lowest BCUT2D eigenvalue weighted by Gasteiger charge is -1.96. The number of hydrogen-bond acceptors (Lipinski definition) is 3. The maximum Gasteiger partial charge on any atom is 0.0509 e. The zero-order chi connectivity index (χ0) is 4.99. The van der Waals surface area contributed by atoms with Crippen LogP contribution in [-0.2, 0) is 0 Å². The molecule has 0 aromatic rings. The molecule has 0 aliphatic carbocycles. The molecule has 0 saturated heterocycles. The zero-order valence-electron chi connectivity index (χ0n) is 3.92. The normalized spacial score (nSPS) is 9.83. The highest BCUT2D eigenvalue weighted by molar-refractivity contribution is 4.08. The van der Waals surface area contributed by atoms with Crippen LogP contribution in [0.3, 0.4) is 0 Å². The zero-order valence-corrected chi connectivity index (χ0v) is 3.92. The van der Waals surface area contributed by atoms with Crippen molar-refractivity contribution in [2.75, 3.05) is 14.1 Å². The molecule has 0 aromatic heterocycles. The molecule has 0 aromatic carbocycles. The molecular weight excluding hydrogens is 80.0 g/mol. The fourth-order valence-corrected chi connectivity index (χ4v) is 0.141. The molecule has 0 saturated carbocycles. The molecule has 4 nitrogen and oxygen atoms in total. The van der Waals surface area contributed by atoms with Crippen LogP contribution in [0.4, 0.5) is 0 Å². The van der Waals surface area contributed by atoms with E-state index in [1.165, 1.54) is 0 Å². The van der Waals surface area contributed by atoms with E-state index in [1.807, 2.05) is 0 Å². The number of hydrazine groups is 1. The molecule has 0 unspecified atom stereocenters. The Labute approximate surface area is 36.6 Å². The molecule has 0 radical (unpaired) electrons. The Bertz CT molecular complexity index is 47.5. The molecule has 2 N–H and O–H groups in total. The van der Waals surface area contributed by atoms with E-state index in [0.29, 0.717) is 0 Å². The first-order valence-corrected chi connectivity index (χ1v) is 1.55. The van der Waals surface area contributed by atoms with Gasteiger partial charge < -0.3 is 0 Å². The fourth-order valence-electron chi connectivity index (χ4n) is 0.141. The molecule has 0 atom stereocenters. The fraction of sp³-hybridized carbons (Fsp3) is 1.00. The second kappa shape index (κ2) is 2.59. The first-order chi connectivity index (χ1) is 2.77. The quantitative estimate of drug-likeness (QED) is 0.274. The molecule has 0 aliphatic rings. The van der Waals surface area contributed by atoms with Crippen LogP contribution in [0.5, 0.6) is 0 Å². The molecule has 0 spiro atoms. The van der Waals surface area contributed by atoms with Crippen LogP contribution in [-0.4, -0.2) is 19.2 Å². The van der Waals surface area contributed by atoms with Crippen molar-refractivity contribution in [3.63, 3.8) is 0 Å². The van der Waals surface area contributed by atoms with Crippen LogP contribution in [0.2, 0.25) is 0 Å². The van der Waals surface area contributed by atoms with Gasteiger partial charge in [-0.05, 0) is 0 Å². The topological polar surface area (TPSA) is 54.0 Å². The van der Waals surface area contributed by atoms with E-state index in [2.05, 4.69) is 10.3 Å². The molecule has 0 bridgehead atoms. The van der Waals surface area contributed by atoms with Gasteiger partial charge in [-0.25, -0.2) is 11.0 Å². The van der Waals surface area contributed by atoms with Crippen molar-refractivity contribution in [1.29, 1.82) is 0 Å². The molecule has 0 rings (SSSR count). The average Bonchev–Trinajstić information content (AvgIpc) is 1.35. The van der Waals surface area contributed by atoms with E-state index >= 15 is 0 Å². The third-order valence-corrected chi connectivity index (χ3v) is 0.231. The monoisotopic (exact) mass is 88.1 g/mol. The standard InChI is InChI=1S/C2H8N4/c1-4-5-6(2)3/h3H2,1-2H3. The summed E-state index contributed by atoms with van der Waals surface area (Å²) in [5.74, 6) is 4.98. The predicted octanol–water partition coefficient (Wildman–Crippen LogP) is -0.211. The summed E-state index contributed by atoms with van der Waals surface area (Å²) >= 11 is 0. The number of rotatable bonds is 1. The van der Waals surface area contributed by atoms with E-state index in [0.717, 1.165) is 5.12 Å². The van der Waals surface area contributed by atoms with Crippen LogP contribution < -0.4 is 5.84 Å². The Kier molecular flexibility index (Phi) is 2.31. The predicted molar refractivity (Wildman–Crippen MR) is 22.7 cm³/mol. The summed E-state index contributed by atoms with van der Waals surface area (Å²) in [6.45, 7) is 0. The van der Waals surface area contributed by atoms with Crippen LogP contribution in [0, 0.1) is 0 Å². The minimum absolute atomic E-state index is 1.14. The largest absolute Gasteiger partial charge is 0.230 e. The lowest BCUT2D eigenvalue weighted by molar-refractivity contribution is 0.344. The Morgan fingerprint density at radius 3 is 2.17 bits per heavy atom. The van der Waals surface area contributed by atoms with E-state index in [1.54, 1.807) is 14.1 Å². The molecule has 4 heteroatoms. The van der Waals surface area contributed by atoms with Gasteiger partial charge in [0.05, 0.1) is 7.05 Å². The van der Waals surface area contributed by atoms with Gasteiger partial charge in [-0.1, -0.05) is 5.22 Å². The van der Waals surface area contributed by atoms with Gasteiger partial charge in [0.1, 0.15) is 0 Å². The van der Waals surface area contributed by atoms with E-state index < -0.39 is 0 Å². The van der Waals surface area contributed by atoms with Crippen LogP contribution >= 0.6 is 0 Å². The molecular formula is C2H8N4. The molecule has 0 heterocycles. The SMILES string of the molecule is CN=NN(C)N. The van der Waals surface area contributed by atoms with Crippen molar-refractivity contribution in [1.82, 2.24) is 5.12 Å². The van der Waals surface area contributed by atoms with E-state index in [-0.39, 0.29) is 0 Å².